The molecule has 4 aromatic rings. The molecule has 1 amide bonds. The maximum absolute atomic E-state index is 13.0. The standard InChI is InChI=1S/C27H28N6O6S/c1-16-5-4-6-17(2)25(16)23-12-24(30-27(29-23)31-40(37,38)22-13-28-32(3)15-22)39-21-7-8-33(14-21)26(36)18-9-19(34)11-20(35)10-18/h4-6,9-13,15,21,34-35H,7-8,14H2,1-3H3,(H,29,30,31). The third kappa shape index (κ3) is 5.69. The van der Waals surface area contributed by atoms with Crippen molar-refractivity contribution in [3.8, 4) is 28.6 Å². The number of carbonyl (C=O) groups is 1. The van der Waals surface area contributed by atoms with Crippen LogP contribution in [0.25, 0.3) is 11.3 Å². The number of amides is 1. The van der Waals surface area contributed by atoms with Crippen LogP contribution in [0.5, 0.6) is 17.4 Å². The van der Waals surface area contributed by atoms with Crippen molar-refractivity contribution in [2.45, 2.75) is 31.3 Å². The van der Waals surface area contributed by atoms with E-state index in [1.165, 1.54) is 29.2 Å². The number of ether oxygens (including phenoxy) is 1. The van der Waals surface area contributed by atoms with E-state index in [1.54, 1.807) is 18.0 Å². The number of phenols is 2. The number of aryl methyl sites for hydroxylation is 3. The van der Waals surface area contributed by atoms with Gasteiger partial charge < -0.3 is 19.8 Å². The van der Waals surface area contributed by atoms with Gasteiger partial charge in [0.25, 0.3) is 15.9 Å². The molecule has 0 bridgehead atoms. The summed E-state index contributed by atoms with van der Waals surface area (Å²) in [4.78, 5) is 23.3. The van der Waals surface area contributed by atoms with Gasteiger partial charge in [-0.05, 0) is 37.1 Å². The molecule has 13 heteroatoms. The molecule has 1 aliphatic heterocycles. The van der Waals surface area contributed by atoms with E-state index in [0.29, 0.717) is 18.7 Å². The number of rotatable bonds is 7. The van der Waals surface area contributed by atoms with Gasteiger partial charge in [0.2, 0.25) is 11.8 Å². The predicted octanol–water partition coefficient (Wildman–Crippen LogP) is 3.00. The Balaban J connectivity index is 1.43. The van der Waals surface area contributed by atoms with Gasteiger partial charge in [-0.2, -0.15) is 10.1 Å². The lowest BCUT2D eigenvalue weighted by Crippen LogP contribution is -2.31. The molecule has 208 valence electrons. The third-order valence-electron chi connectivity index (χ3n) is 6.53. The summed E-state index contributed by atoms with van der Waals surface area (Å²) in [7, 11) is -2.41. The van der Waals surface area contributed by atoms with E-state index in [-0.39, 0.29) is 46.2 Å². The minimum absolute atomic E-state index is 0.0403. The van der Waals surface area contributed by atoms with Gasteiger partial charge in [-0.25, -0.2) is 18.1 Å². The van der Waals surface area contributed by atoms with Crippen molar-refractivity contribution in [3.63, 3.8) is 0 Å². The summed E-state index contributed by atoms with van der Waals surface area (Å²) in [5.41, 5.74) is 3.34. The molecule has 0 spiro atoms. The number of phenolic OH excluding ortho intramolecular Hbond substituents is 2. The van der Waals surface area contributed by atoms with Crippen molar-refractivity contribution in [1.29, 1.82) is 0 Å². The molecule has 5 rings (SSSR count). The summed E-state index contributed by atoms with van der Waals surface area (Å²) in [5, 5.41) is 23.4. The van der Waals surface area contributed by atoms with Gasteiger partial charge in [0, 0.05) is 49.5 Å². The maximum atomic E-state index is 13.0. The number of likely N-dealkylation sites (tertiary alicyclic amines) is 1. The fraction of sp³-hybridized carbons (Fsp3) is 0.259. The number of aromatic hydroxyl groups is 2. The number of anilines is 1. The van der Waals surface area contributed by atoms with Crippen LogP contribution in [0.1, 0.15) is 27.9 Å². The lowest BCUT2D eigenvalue weighted by molar-refractivity contribution is 0.0770. The number of hydrogen-bond donors (Lipinski definition) is 3. The fourth-order valence-electron chi connectivity index (χ4n) is 4.68. The van der Waals surface area contributed by atoms with Crippen LogP contribution in [-0.2, 0) is 17.1 Å². The largest absolute Gasteiger partial charge is 0.508 e. The quantitative estimate of drug-likeness (QED) is 0.307. The molecule has 2 aromatic carbocycles. The Labute approximate surface area is 230 Å². The topological polar surface area (TPSA) is 160 Å². The summed E-state index contributed by atoms with van der Waals surface area (Å²) >= 11 is 0. The van der Waals surface area contributed by atoms with Gasteiger partial charge in [-0.3, -0.25) is 9.48 Å². The van der Waals surface area contributed by atoms with E-state index in [9.17, 15) is 23.4 Å². The highest BCUT2D eigenvalue weighted by Crippen LogP contribution is 2.30. The first-order valence-corrected chi connectivity index (χ1v) is 13.9. The molecule has 40 heavy (non-hydrogen) atoms. The number of nitrogens with one attached hydrogen (secondary N) is 1. The average molecular weight is 565 g/mol. The SMILES string of the molecule is Cc1cccc(C)c1-c1cc(OC2CCN(C(=O)c3cc(O)cc(O)c3)C2)nc(NS(=O)(=O)c2cnn(C)c2)n1. The lowest BCUT2D eigenvalue weighted by atomic mass is 10.00. The number of aromatic nitrogens is 4. The normalized spacial score (nSPS) is 15.3. The van der Waals surface area contributed by atoms with E-state index in [0.717, 1.165) is 22.8 Å². The van der Waals surface area contributed by atoms with Crippen molar-refractivity contribution < 1.29 is 28.2 Å². The Morgan fingerprint density at radius 2 is 1.77 bits per heavy atom. The van der Waals surface area contributed by atoms with Gasteiger partial charge in [-0.1, -0.05) is 18.2 Å². The molecule has 1 unspecified atom stereocenters. The molecule has 3 heterocycles. The van der Waals surface area contributed by atoms with Gasteiger partial charge in [0.1, 0.15) is 22.5 Å². The monoisotopic (exact) mass is 564 g/mol. The smallest absolute Gasteiger partial charge is 0.267 e. The fourth-order valence-corrected chi connectivity index (χ4v) is 5.60. The number of hydrogen-bond acceptors (Lipinski definition) is 9. The molecule has 0 aliphatic carbocycles. The summed E-state index contributed by atoms with van der Waals surface area (Å²) in [6, 6.07) is 11.2. The van der Waals surface area contributed by atoms with Crippen LogP contribution < -0.4 is 9.46 Å². The van der Waals surface area contributed by atoms with Crippen LogP contribution >= 0.6 is 0 Å². The Morgan fingerprint density at radius 3 is 2.42 bits per heavy atom. The maximum Gasteiger partial charge on any atom is 0.267 e. The zero-order valence-electron chi connectivity index (χ0n) is 22.1. The van der Waals surface area contributed by atoms with Gasteiger partial charge in [0.15, 0.2) is 0 Å². The van der Waals surface area contributed by atoms with E-state index >= 15 is 0 Å². The molecular formula is C27H28N6O6S. The molecule has 0 radical (unpaired) electrons. The second kappa shape index (κ2) is 10.5. The van der Waals surface area contributed by atoms with Gasteiger partial charge in [-0.15, -0.1) is 0 Å². The molecule has 1 saturated heterocycles. The minimum Gasteiger partial charge on any atom is -0.508 e. The average Bonchev–Trinajstić information content (AvgIpc) is 3.52. The third-order valence-corrected chi connectivity index (χ3v) is 7.81. The number of sulfonamides is 1. The molecule has 12 nitrogen and oxygen atoms in total. The second-order valence-electron chi connectivity index (χ2n) is 9.65. The Bertz CT molecular complexity index is 1660. The highest BCUT2D eigenvalue weighted by atomic mass is 32.2. The number of carbonyl (C=O) groups excluding carboxylic acids is 1. The van der Waals surface area contributed by atoms with E-state index in [1.807, 2.05) is 32.0 Å². The summed E-state index contributed by atoms with van der Waals surface area (Å²) in [6.45, 7) is 4.48. The Hall–Kier alpha value is -4.65. The van der Waals surface area contributed by atoms with Crippen LogP contribution in [0.15, 0.2) is 59.8 Å². The minimum atomic E-state index is -4.02. The molecule has 0 saturated carbocycles. The number of nitrogens with zero attached hydrogens (tertiary/aromatic N) is 5. The molecule has 1 aliphatic rings. The molecule has 2 aromatic heterocycles. The lowest BCUT2D eigenvalue weighted by Gasteiger charge is -2.18. The highest BCUT2D eigenvalue weighted by molar-refractivity contribution is 7.92. The summed E-state index contributed by atoms with van der Waals surface area (Å²) in [6.07, 6.45) is 2.66. The number of benzene rings is 2. The first-order chi connectivity index (χ1) is 19.0. The Kier molecular flexibility index (Phi) is 7.06. The molecule has 1 atom stereocenters. The van der Waals surface area contributed by atoms with Crippen LogP contribution in [-0.4, -0.2) is 68.4 Å². The second-order valence-corrected chi connectivity index (χ2v) is 11.3. The highest BCUT2D eigenvalue weighted by Gasteiger charge is 2.30. The summed E-state index contributed by atoms with van der Waals surface area (Å²) < 4.78 is 35.9. The van der Waals surface area contributed by atoms with Crippen molar-refractivity contribution in [1.82, 2.24) is 24.6 Å². The van der Waals surface area contributed by atoms with E-state index in [2.05, 4.69) is 19.8 Å². The molecule has 3 N–H and O–H groups in total. The first-order valence-electron chi connectivity index (χ1n) is 12.4. The zero-order chi connectivity index (χ0) is 28.6. The van der Waals surface area contributed by atoms with Crippen molar-refractivity contribution in [3.05, 3.63) is 71.5 Å². The summed E-state index contributed by atoms with van der Waals surface area (Å²) in [5.74, 6) is -0.805. The first kappa shape index (κ1) is 26.9. The van der Waals surface area contributed by atoms with E-state index < -0.39 is 16.1 Å². The zero-order valence-corrected chi connectivity index (χ0v) is 22.9. The predicted molar refractivity (Wildman–Crippen MR) is 146 cm³/mol. The van der Waals surface area contributed by atoms with Crippen LogP contribution in [0.4, 0.5) is 5.95 Å². The molecular weight excluding hydrogens is 536 g/mol. The van der Waals surface area contributed by atoms with Crippen molar-refractivity contribution in [2.24, 2.45) is 7.05 Å². The van der Waals surface area contributed by atoms with Crippen LogP contribution in [0.3, 0.4) is 0 Å². The van der Waals surface area contributed by atoms with Gasteiger partial charge in [0.05, 0.1) is 18.4 Å². The van der Waals surface area contributed by atoms with Crippen LogP contribution in [0, 0.1) is 13.8 Å². The van der Waals surface area contributed by atoms with Gasteiger partial charge >= 0.3 is 0 Å². The van der Waals surface area contributed by atoms with Crippen molar-refractivity contribution in [2.75, 3.05) is 17.8 Å². The molecule has 1 fully saturated rings. The van der Waals surface area contributed by atoms with Crippen LogP contribution in [0.2, 0.25) is 0 Å². The Morgan fingerprint density at radius 1 is 1.07 bits per heavy atom. The van der Waals surface area contributed by atoms with E-state index in [4.69, 9.17) is 4.74 Å². The van der Waals surface area contributed by atoms with Crippen molar-refractivity contribution >= 4 is 21.9 Å².